The number of rotatable bonds is 7. The molecular formula is C13H18N2OS2. The SMILES string of the molecule is CCSCCCNc1nc2ccc(OC)cc2s1. The third-order valence-corrected chi connectivity index (χ3v) is 4.50. The van der Waals surface area contributed by atoms with Gasteiger partial charge in [0.2, 0.25) is 0 Å². The average molecular weight is 282 g/mol. The summed E-state index contributed by atoms with van der Waals surface area (Å²) < 4.78 is 6.38. The largest absolute Gasteiger partial charge is 0.497 e. The number of fused-ring (bicyclic) bond motifs is 1. The Hall–Kier alpha value is -0.940. The topological polar surface area (TPSA) is 34.2 Å². The number of ether oxygens (including phenoxy) is 1. The normalized spacial score (nSPS) is 10.8. The number of anilines is 1. The summed E-state index contributed by atoms with van der Waals surface area (Å²) in [5.74, 6) is 3.29. The lowest BCUT2D eigenvalue weighted by molar-refractivity contribution is 0.415. The molecule has 3 nitrogen and oxygen atoms in total. The molecule has 0 bridgehead atoms. The first kappa shape index (κ1) is 13.5. The third-order valence-electron chi connectivity index (χ3n) is 2.54. The molecule has 0 aliphatic rings. The average Bonchev–Trinajstić information content (AvgIpc) is 2.80. The monoisotopic (exact) mass is 282 g/mol. The van der Waals surface area contributed by atoms with Crippen molar-refractivity contribution in [2.75, 3.05) is 30.5 Å². The predicted molar refractivity (Wildman–Crippen MR) is 82.3 cm³/mol. The lowest BCUT2D eigenvalue weighted by atomic mass is 10.3. The second-order valence-electron chi connectivity index (χ2n) is 3.83. The van der Waals surface area contributed by atoms with E-state index in [1.165, 1.54) is 22.6 Å². The number of nitrogens with zero attached hydrogens (tertiary/aromatic N) is 1. The van der Waals surface area contributed by atoms with Gasteiger partial charge in [-0.25, -0.2) is 4.98 Å². The van der Waals surface area contributed by atoms with E-state index < -0.39 is 0 Å². The number of hydrogen-bond acceptors (Lipinski definition) is 5. The van der Waals surface area contributed by atoms with E-state index in [0.717, 1.165) is 22.9 Å². The van der Waals surface area contributed by atoms with Crippen molar-refractivity contribution >= 4 is 38.4 Å². The smallest absolute Gasteiger partial charge is 0.183 e. The van der Waals surface area contributed by atoms with Gasteiger partial charge in [-0.1, -0.05) is 18.3 Å². The summed E-state index contributed by atoms with van der Waals surface area (Å²) in [6.45, 7) is 3.18. The number of methoxy groups -OCH3 is 1. The van der Waals surface area contributed by atoms with Gasteiger partial charge in [0.1, 0.15) is 5.75 Å². The van der Waals surface area contributed by atoms with Crippen molar-refractivity contribution in [1.29, 1.82) is 0 Å². The van der Waals surface area contributed by atoms with Crippen molar-refractivity contribution in [2.24, 2.45) is 0 Å². The van der Waals surface area contributed by atoms with Crippen molar-refractivity contribution in [2.45, 2.75) is 13.3 Å². The highest BCUT2D eigenvalue weighted by Gasteiger charge is 2.04. The van der Waals surface area contributed by atoms with Crippen LogP contribution in [-0.2, 0) is 0 Å². The molecule has 98 valence electrons. The molecule has 0 fully saturated rings. The van der Waals surface area contributed by atoms with Gasteiger partial charge in [0, 0.05) is 6.54 Å². The number of thiazole rings is 1. The van der Waals surface area contributed by atoms with Crippen LogP contribution in [0.4, 0.5) is 5.13 Å². The Bertz CT molecular complexity index is 499. The molecule has 2 aromatic rings. The molecule has 0 amide bonds. The maximum atomic E-state index is 5.21. The van der Waals surface area contributed by atoms with Gasteiger partial charge in [-0.2, -0.15) is 11.8 Å². The second-order valence-corrected chi connectivity index (χ2v) is 6.25. The van der Waals surface area contributed by atoms with Crippen molar-refractivity contribution < 1.29 is 4.74 Å². The summed E-state index contributed by atoms with van der Waals surface area (Å²) in [5.41, 5.74) is 1.03. The maximum absolute atomic E-state index is 5.21. The molecule has 1 heterocycles. The van der Waals surface area contributed by atoms with Gasteiger partial charge in [-0.05, 0) is 36.1 Å². The minimum absolute atomic E-state index is 0.886. The molecule has 0 unspecified atom stereocenters. The van der Waals surface area contributed by atoms with Gasteiger partial charge in [0.15, 0.2) is 5.13 Å². The molecule has 1 N–H and O–H groups in total. The molecule has 2 rings (SSSR count). The lowest BCUT2D eigenvalue weighted by Crippen LogP contribution is -2.01. The number of hydrogen-bond donors (Lipinski definition) is 1. The fraction of sp³-hybridized carbons (Fsp3) is 0.462. The van der Waals surface area contributed by atoms with Crippen LogP contribution >= 0.6 is 23.1 Å². The van der Waals surface area contributed by atoms with E-state index in [9.17, 15) is 0 Å². The van der Waals surface area contributed by atoms with Gasteiger partial charge in [0.05, 0.1) is 17.3 Å². The van der Waals surface area contributed by atoms with Gasteiger partial charge in [-0.3, -0.25) is 0 Å². The molecule has 0 saturated carbocycles. The zero-order chi connectivity index (χ0) is 12.8. The first-order valence-electron chi connectivity index (χ1n) is 6.09. The van der Waals surface area contributed by atoms with E-state index in [1.807, 2.05) is 30.0 Å². The van der Waals surface area contributed by atoms with Gasteiger partial charge >= 0.3 is 0 Å². The van der Waals surface area contributed by atoms with Crippen LogP contribution in [0.5, 0.6) is 5.75 Å². The summed E-state index contributed by atoms with van der Waals surface area (Å²) in [6.07, 6.45) is 1.18. The van der Waals surface area contributed by atoms with E-state index in [1.54, 1.807) is 18.4 Å². The molecular weight excluding hydrogens is 264 g/mol. The van der Waals surface area contributed by atoms with E-state index in [0.29, 0.717) is 0 Å². The van der Waals surface area contributed by atoms with Crippen LogP contribution in [-0.4, -0.2) is 30.1 Å². The molecule has 5 heteroatoms. The Morgan fingerprint density at radius 1 is 1.44 bits per heavy atom. The van der Waals surface area contributed by atoms with E-state index in [2.05, 4.69) is 17.2 Å². The molecule has 0 aliphatic carbocycles. The summed E-state index contributed by atoms with van der Waals surface area (Å²) in [6, 6.07) is 5.98. The van der Waals surface area contributed by atoms with Crippen LogP contribution in [0.25, 0.3) is 10.2 Å². The highest BCUT2D eigenvalue weighted by atomic mass is 32.2. The van der Waals surface area contributed by atoms with E-state index in [-0.39, 0.29) is 0 Å². The van der Waals surface area contributed by atoms with Crippen LogP contribution in [0.15, 0.2) is 18.2 Å². The molecule has 0 radical (unpaired) electrons. The van der Waals surface area contributed by atoms with Gasteiger partial charge < -0.3 is 10.1 Å². The van der Waals surface area contributed by atoms with E-state index in [4.69, 9.17) is 4.74 Å². The van der Waals surface area contributed by atoms with Gasteiger partial charge in [0.25, 0.3) is 0 Å². The standard InChI is InChI=1S/C13H18N2OS2/c1-3-17-8-4-7-14-13-15-11-6-5-10(16-2)9-12(11)18-13/h5-6,9H,3-4,7-8H2,1-2H3,(H,14,15). The first-order valence-corrected chi connectivity index (χ1v) is 8.07. The van der Waals surface area contributed by atoms with Crippen LogP contribution in [0.1, 0.15) is 13.3 Å². The molecule has 0 atom stereocenters. The summed E-state index contributed by atoms with van der Waals surface area (Å²) >= 11 is 3.66. The van der Waals surface area contributed by atoms with Crippen molar-refractivity contribution in [3.8, 4) is 5.75 Å². The van der Waals surface area contributed by atoms with Crippen LogP contribution in [0, 0.1) is 0 Å². The molecule has 1 aromatic carbocycles. The highest BCUT2D eigenvalue weighted by Crippen LogP contribution is 2.29. The Morgan fingerprint density at radius 3 is 3.11 bits per heavy atom. The zero-order valence-corrected chi connectivity index (χ0v) is 12.4. The maximum Gasteiger partial charge on any atom is 0.183 e. The van der Waals surface area contributed by atoms with Crippen molar-refractivity contribution in [1.82, 2.24) is 4.98 Å². The minimum atomic E-state index is 0.886. The Morgan fingerprint density at radius 2 is 2.33 bits per heavy atom. The second kappa shape index (κ2) is 6.85. The van der Waals surface area contributed by atoms with Crippen molar-refractivity contribution in [3.05, 3.63) is 18.2 Å². The number of aromatic nitrogens is 1. The number of thioether (sulfide) groups is 1. The van der Waals surface area contributed by atoms with Crippen LogP contribution in [0.3, 0.4) is 0 Å². The molecule has 0 aliphatic heterocycles. The summed E-state index contributed by atoms with van der Waals surface area (Å²) in [7, 11) is 1.69. The Kier molecular flexibility index (Phi) is 5.13. The van der Waals surface area contributed by atoms with Crippen LogP contribution < -0.4 is 10.1 Å². The minimum Gasteiger partial charge on any atom is -0.497 e. The fourth-order valence-electron chi connectivity index (χ4n) is 1.62. The molecule has 0 saturated heterocycles. The predicted octanol–water partition coefficient (Wildman–Crippen LogP) is 3.86. The van der Waals surface area contributed by atoms with Crippen molar-refractivity contribution in [3.63, 3.8) is 0 Å². The number of nitrogens with one attached hydrogen (secondary N) is 1. The first-order chi connectivity index (χ1) is 8.83. The zero-order valence-electron chi connectivity index (χ0n) is 10.7. The quantitative estimate of drug-likeness (QED) is 0.782. The highest BCUT2D eigenvalue weighted by molar-refractivity contribution is 7.99. The summed E-state index contributed by atoms with van der Waals surface area (Å²) in [5, 5.41) is 4.38. The Labute approximate surface area is 116 Å². The van der Waals surface area contributed by atoms with Gasteiger partial charge in [-0.15, -0.1) is 0 Å². The Balaban J connectivity index is 1.93. The number of benzene rings is 1. The lowest BCUT2D eigenvalue weighted by Gasteiger charge is -2.00. The molecule has 18 heavy (non-hydrogen) atoms. The van der Waals surface area contributed by atoms with E-state index >= 15 is 0 Å². The summed E-state index contributed by atoms with van der Waals surface area (Å²) in [4.78, 5) is 4.55. The molecule has 0 spiro atoms. The third kappa shape index (κ3) is 3.53. The fourth-order valence-corrected chi connectivity index (χ4v) is 3.18. The molecule has 1 aromatic heterocycles. The van der Waals surface area contributed by atoms with Crippen LogP contribution in [0.2, 0.25) is 0 Å².